The predicted octanol–water partition coefficient (Wildman–Crippen LogP) is 3.01. The largest absolute Gasteiger partial charge is 0.375 e. The average Bonchev–Trinajstić information content (AvgIpc) is 2.79. The third-order valence-electron chi connectivity index (χ3n) is 2.03. The zero-order chi connectivity index (χ0) is 13.8. The van der Waals surface area contributed by atoms with Crippen LogP contribution >= 0.6 is 34.5 Å². The van der Waals surface area contributed by atoms with Crippen molar-refractivity contribution in [3.8, 4) is 5.75 Å². The molecule has 0 saturated carbocycles. The smallest absolute Gasteiger partial charge is 0.180 e. The van der Waals surface area contributed by atoms with E-state index in [-0.39, 0.29) is 11.5 Å². The molecule has 0 saturated heterocycles. The van der Waals surface area contributed by atoms with E-state index in [1.165, 1.54) is 17.4 Å². The van der Waals surface area contributed by atoms with Gasteiger partial charge in [-0.25, -0.2) is 4.98 Å². The molecular formula is C11H7Cl2N3O2S. The maximum Gasteiger partial charge on any atom is 0.180 e. The van der Waals surface area contributed by atoms with Gasteiger partial charge in [0.25, 0.3) is 0 Å². The molecule has 5 nitrogen and oxygen atoms in total. The second-order valence-electron chi connectivity index (χ2n) is 3.33. The van der Waals surface area contributed by atoms with Crippen molar-refractivity contribution in [1.29, 1.82) is 0 Å². The van der Waals surface area contributed by atoms with E-state index < -0.39 is 0 Å². The minimum absolute atomic E-state index is 0.0268. The second-order valence-corrected chi connectivity index (χ2v) is 5.06. The Kier molecular flexibility index (Phi) is 4.36. The summed E-state index contributed by atoms with van der Waals surface area (Å²) < 4.78 is 0. The van der Waals surface area contributed by atoms with E-state index in [2.05, 4.69) is 10.1 Å². The van der Waals surface area contributed by atoms with Crippen LogP contribution in [0.5, 0.6) is 5.75 Å². The highest BCUT2D eigenvalue weighted by molar-refractivity contribution is 7.13. The van der Waals surface area contributed by atoms with Gasteiger partial charge in [0.15, 0.2) is 22.9 Å². The number of thiazole rings is 1. The minimum Gasteiger partial charge on any atom is -0.375 e. The molecule has 0 radical (unpaired) electrons. The van der Waals surface area contributed by atoms with Crippen LogP contribution in [-0.4, -0.2) is 17.0 Å². The van der Waals surface area contributed by atoms with Crippen molar-refractivity contribution in [2.45, 2.75) is 0 Å². The van der Waals surface area contributed by atoms with Crippen LogP contribution in [0.15, 0.2) is 28.7 Å². The summed E-state index contributed by atoms with van der Waals surface area (Å²) in [6, 6.07) is 4.65. The van der Waals surface area contributed by atoms with Gasteiger partial charge in [-0.1, -0.05) is 28.4 Å². The monoisotopic (exact) mass is 315 g/mol. The summed E-state index contributed by atoms with van der Waals surface area (Å²) in [6.45, 7) is 0. The maximum absolute atomic E-state index is 10.9. The topological polar surface area (TPSA) is 77.6 Å². The molecule has 0 aliphatic carbocycles. The minimum atomic E-state index is 0.0268. The third-order valence-corrected chi connectivity index (χ3v) is 3.24. The number of hydrogen-bond donors (Lipinski definition) is 1. The summed E-state index contributed by atoms with van der Waals surface area (Å²) in [4.78, 5) is 20.0. The van der Waals surface area contributed by atoms with Gasteiger partial charge in [-0.15, -0.1) is 11.3 Å². The molecule has 2 aromatic rings. The van der Waals surface area contributed by atoms with E-state index in [1.54, 1.807) is 17.5 Å². The van der Waals surface area contributed by atoms with Gasteiger partial charge in [0.05, 0.1) is 5.02 Å². The lowest BCUT2D eigenvalue weighted by atomic mass is 10.3. The quantitative estimate of drug-likeness (QED) is 0.534. The number of nitrogens with zero attached hydrogens (tertiary/aromatic N) is 2. The van der Waals surface area contributed by atoms with Gasteiger partial charge >= 0.3 is 0 Å². The van der Waals surface area contributed by atoms with Crippen LogP contribution < -0.4 is 10.6 Å². The van der Waals surface area contributed by atoms with Crippen molar-refractivity contribution in [1.82, 2.24) is 4.98 Å². The van der Waals surface area contributed by atoms with E-state index in [0.29, 0.717) is 27.2 Å². The van der Waals surface area contributed by atoms with Crippen LogP contribution in [0.3, 0.4) is 0 Å². The first kappa shape index (κ1) is 13.8. The zero-order valence-corrected chi connectivity index (χ0v) is 11.7. The lowest BCUT2D eigenvalue weighted by molar-refractivity contribution is -0.102. The Morgan fingerprint density at radius 1 is 1.47 bits per heavy atom. The van der Waals surface area contributed by atoms with Crippen LogP contribution in [0.4, 0.5) is 5.13 Å². The maximum atomic E-state index is 10.9. The van der Waals surface area contributed by atoms with Crippen LogP contribution in [0.25, 0.3) is 0 Å². The number of anilines is 1. The molecule has 98 valence electrons. The van der Waals surface area contributed by atoms with Crippen LogP contribution in [0.2, 0.25) is 10.0 Å². The Balaban J connectivity index is 2.22. The standard InChI is InChI=1S/C11H7Cl2N3O2S/c12-6-1-2-10(7(13)3-6)18-16-8(4-17)9-5-19-11(14)15-9/h1-5H,(H2,14,15)/b16-8+. The Bertz CT molecular complexity index is 643. The van der Waals surface area contributed by atoms with Gasteiger partial charge in [-0.3, -0.25) is 4.79 Å². The number of oxime groups is 1. The van der Waals surface area contributed by atoms with E-state index >= 15 is 0 Å². The molecule has 0 atom stereocenters. The molecule has 1 aromatic carbocycles. The van der Waals surface area contributed by atoms with Crippen LogP contribution in [0, 0.1) is 0 Å². The number of carbonyl (C=O) groups excluding carboxylic acids is 1. The number of rotatable bonds is 4. The van der Waals surface area contributed by atoms with Gasteiger partial charge in [-0.05, 0) is 18.2 Å². The van der Waals surface area contributed by atoms with Crippen molar-refractivity contribution in [2.24, 2.45) is 5.16 Å². The number of nitrogens with two attached hydrogens (primary N) is 1. The fourth-order valence-electron chi connectivity index (χ4n) is 1.18. The van der Waals surface area contributed by atoms with E-state index in [4.69, 9.17) is 33.8 Å². The Labute approximate surface area is 122 Å². The summed E-state index contributed by atoms with van der Waals surface area (Å²) in [6.07, 6.45) is 0.526. The lowest BCUT2D eigenvalue weighted by Gasteiger charge is -2.02. The molecule has 0 fully saturated rings. The van der Waals surface area contributed by atoms with E-state index in [9.17, 15) is 4.79 Å². The summed E-state index contributed by atoms with van der Waals surface area (Å²) in [7, 11) is 0. The zero-order valence-electron chi connectivity index (χ0n) is 9.34. The molecule has 0 unspecified atom stereocenters. The fraction of sp³-hybridized carbons (Fsp3) is 0. The number of halogens is 2. The van der Waals surface area contributed by atoms with Crippen LogP contribution in [0.1, 0.15) is 5.69 Å². The predicted molar refractivity (Wildman–Crippen MR) is 76.2 cm³/mol. The summed E-state index contributed by atoms with van der Waals surface area (Å²) in [5, 5.41) is 6.41. The Morgan fingerprint density at radius 2 is 2.26 bits per heavy atom. The third kappa shape index (κ3) is 3.44. The first-order valence-corrected chi connectivity index (χ1v) is 6.60. The van der Waals surface area contributed by atoms with Crippen LogP contribution in [-0.2, 0) is 4.79 Å². The average molecular weight is 316 g/mol. The molecule has 1 aromatic heterocycles. The number of benzene rings is 1. The molecule has 8 heteroatoms. The van der Waals surface area contributed by atoms with E-state index in [0.717, 1.165) is 0 Å². The van der Waals surface area contributed by atoms with Gasteiger partial charge < -0.3 is 10.6 Å². The first-order chi connectivity index (χ1) is 9.10. The highest BCUT2D eigenvalue weighted by Gasteiger charge is 2.09. The van der Waals surface area contributed by atoms with Crippen molar-refractivity contribution >= 4 is 51.7 Å². The van der Waals surface area contributed by atoms with E-state index in [1.807, 2.05) is 0 Å². The van der Waals surface area contributed by atoms with Crippen molar-refractivity contribution < 1.29 is 9.63 Å². The summed E-state index contributed by atoms with van der Waals surface area (Å²) in [5.74, 6) is 0.286. The number of aldehydes is 1. The SMILES string of the molecule is Nc1nc(/C(C=O)=N/Oc2ccc(Cl)cc2Cl)cs1. The molecule has 1 heterocycles. The van der Waals surface area contributed by atoms with Gasteiger partial charge in [0.2, 0.25) is 0 Å². The number of carbonyl (C=O) groups is 1. The molecule has 0 spiro atoms. The molecule has 0 aliphatic heterocycles. The second kappa shape index (κ2) is 6.01. The highest BCUT2D eigenvalue weighted by Crippen LogP contribution is 2.27. The summed E-state index contributed by atoms with van der Waals surface area (Å²) >= 11 is 12.9. The first-order valence-electron chi connectivity index (χ1n) is 4.97. The van der Waals surface area contributed by atoms with Crippen molar-refractivity contribution in [3.63, 3.8) is 0 Å². The summed E-state index contributed by atoms with van der Waals surface area (Å²) in [5.41, 5.74) is 5.86. The lowest BCUT2D eigenvalue weighted by Crippen LogP contribution is -2.05. The number of nitrogen functional groups attached to an aromatic ring is 1. The van der Waals surface area contributed by atoms with Gasteiger partial charge in [0.1, 0.15) is 5.69 Å². The highest BCUT2D eigenvalue weighted by atomic mass is 35.5. The molecule has 0 amide bonds. The van der Waals surface area contributed by atoms with Gasteiger partial charge in [-0.2, -0.15) is 0 Å². The molecule has 2 N–H and O–H groups in total. The number of aromatic nitrogens is 1. The number of hydrogen-bond acceptors (Lipinski definition) is 6. The Hall–Kier alpha value is -1.63. The molecule has 0 aliphatic rings. The fourth-order valence-corrected chi connectivity index (χ4v) is 2.18. The molecule has 19 heavy (non-hydrogen) atoms. The normalized spacial score (nSPS) is 11.4. The molecule has 0 bridgehead atoms. The van der Waals surface area contributed by atoms with Crippen molar-refractivity contribution in [2.75, 3.05) is 5.73 Å². The Morgan fingerprint density at radius 3 is 2.84 bits per heavy atom. The molecule has 2 rings (SSSR count). The molecular weight excluding hydrogens is 309 g/mol. The van der Waals surface area contributed by atoms with Gasteiger partial charge in [0, 0.05) is 10.4 Å². The van der Waals surface area contributed by atoms with Crippen molar-refractivity contribution in [3.05, 3.63) is 39.3 Å².